The summed E-state index contributed by atoms with van der Waals surface area (Å²) in [6, 6.07) is 0.353. The quantitative estimate of drug-likeness (QED) is 0.870. The van der Waals surface area contributed by atoms with Crippen LogP contribution in [0.15, 0.2) is 0 Å². The number of likely N-dealkylation sites (tertiary alicyclic amines) is 1. The highest BCUT2D eigenvalue weighted by Crippen LogP contribution is 2.19. The van der Waals surface area contributed by atoms with Crippen LogP contribution in [0.3, 0.4) is 0 Å². The summed E-state index contributed by atoms with van der Waals surface area (Å²) >= 11 is 0. The van der Waals surface area contributed by atoms with Crippen molar-refractivity contribution in [2.75, 3.05) is 19.6 Å². The second-order valence-corrected chi connectivity index (χ2v) is 7.32. The van der Waals surface area contributed by atoms with E-state index < -0.39 is 5.60 Å². The molecule has 0 aromatic heterocycles. The number of hydrogen-bond donors (Lipinski definition) is 1. The average molecular weight is 298 g/mol. The maximum atomic E-state index is 12.1. The minimum absolute atomic E-state index is 0.195. The van der Waals surface area contributed by atoms with E-state index in [1.54, 1.807) is 0 Å². The van der Waals surface area contributed by atoms with Crippen molar-refractivity contribution >= 4 is 6.09 Å². The molecule has 3 atom stereocenters. The number of carbonyl (C=O) groups is 1. The van der Waals surface area contributed by atoms with E-state index in [4.69, 9.17) is 9.47 Å². The summed E-state index contributed by atoms with van der Waals surface area (Å²) in [4.78, 5) is 13.9. The number of nitrogens with zero attached hydrogens (tertiary/aromatic N) is 1. The summed E-state index contributed by atoms with van der Waals surface area (Å²) in [5.74, 6) is 0. The van der Waals surface area contributed by atoms with Crippen LogP contribution in [-0.4, -0.2) is 54.5 Å². The largest absolute Gasteiger partial charge is 0.444 e. The van der Waals surface area contributed by atoms with Gasteiger partial charge < -0.3 is 19.7 Å². The van der Waals surface area contributed by atoms with Gasteiger partial charge >= 0.3 is 6.09 Å². The molecule has 2 aliphatic heterocycles. The van der Waals surface area contributed by atoms with E-state index >= 15 is 0 Å². The summed E-state index contributed by atoms with van der Waals surface area (Å²) in [6.45, 7) is 10.3. The number of nitrogens with one attached hydrogen (secondary N) is 1. The maximum absolute atomic E-state index is 12.1. The van der Waals surface area contributed by atoms with E-state index in [1.165, 1.54) is 0 Å². The first-order valence-corrected chi connectivity index (χ1v) is 8.20. The molecule has 2 fully saturated rings. The molecular weight excluding hydrogens is 268 g/mol. The predicted octanol–water partition coefficient (Wildman–Crippen LogP) is 2.54. The van der Waals surface area contributed by atoms with Gasteiger partial charge in [0, 0.05) is 25.7 Å². The van der Waals surface area contributed by atoms with Crippen LogP contribution in [0.4, 0.5) is 4.79 Å². The van der Waals surface area contributed by atoms with Crippen LogP contribution >= 0.6 is 0 Å². The lowest BCUT2D eigenvalue weighted by molar-refractivity contribution is 0.0173. The smallest absolute Gasteiger partial charge is 0.410 e. The van der Waals surface area contributed by atoms with E-state index in [-0.39, 0.29) is 6.09 Å². The van der Waals surface area contributed by atoms with E-state index in [2.05, 4.69) is 12.2 Å². The Morgan fingerprint density at radius 1 is 1.33 bits per heavy atom. The summed E-state index contributed by atoms with van der Waals surface area (Å²) in [5.41, 5.74) is -0.425. The van der Waals surface area contributed by atoms with Crippen LogP contribution in [0.5, 0.6) is 0 Å². The zero-order valence-electron chi connectivity index (χ0n) is 13.9. The predicted molar refractivity (Wildman–Crippen MR) is 82.4 cm³/mol. The zero-order valence-corrected chi connectivity index (χ0v) is 13.9. The standard InChI is InChI=1S/C16H30N2O3/c1-12-7-8-14(20-12)10-17-13-6-5-9-18(11-13)15(19)21-16(2,3)4/h12-14,17H,5-11H2,1-4H3. The highest BCUT2D eigenvalue weighted by Gasteiger charge is 2.28. The molecule has 5 heteroatoms. The molecule has 2 aliphatic rings. The monoisotopic (exact) mass is 298 g/mol. The van der Waals surface area contributed by atoms with Crippen LogP contribution in [0.1, 0.15) is 53.4 Å². The van der Waals surface area contributed by atoms with Crippen LogP contribution in [0.2, 0.25) is 0 Å². The topological polar surface area (TPSA) is 50.8 Å². The third kappa shape index (κ3) is 5.47. The first-order valence-electron chi connectivity index (χ1n) is 8.20. The van der Waals surface area contributed by atoms with Crippen molar-refractivity contribution in [1.82, 2.24) is 10.2 Å². The fraction of sp³-hybridized carbons (Fsp3) is 0.938. The number of carbonyl (C=O) groups excluding carboxylic acids is 1. The minimum Gasteiger partial charge on any atom is -0.444 e. The fourth-order valence-electron chi connectivity index (χ4n) is 2.97. The molecule has 2 rings (SSSR count). The van der Waals surface area contributed by atoms with E-state index in [0.717, 1.165) is 45.3 Å². The molecule has 0 spiro atoms. The van der Waals surface area contributed by atoms with Gasteiger partial charge in [0.15, 0.2) is 0 Å². The Balaban J connectivity index is 1.74. The molecule has 1 N–H and O–H groups in total. The van der Waals surface area contributed by atoms with Gasteiger partial charge in [-0.15, -0.1) is 0 Å². The highest BCUT2D eigenvalue weighted by atomic mass is 16.6. The molecule has 0 saturated carbocycles. The van der Waals surface area contributed by atoms with Gasteiger partial charge in [-0.1, -0.05) is 0 Å². The number of piperidine rings is 1. The SMILES string of the molecule is CC1CCC(CNC2CCCN(C(=O)OC(C)(C)C)C2)O1. The summed E-state index contributed by atoms with van der Waals surface area (Å²) in [5, 5.41) is 3.56. The summed E-state index contributed by atoms with van der Waals surface area (Å²) in [7, 11) is 0. The van der Waals surface area contributed by atoms with Crippen molar-refractivity contribution < 1.29 is 14.3 Å². The van der Waals surface area contributed by atoms with Gasteiger partial charge in [-0.2, -0.15) is 0 Å². The lowest BCUT2D eigenvalue weighted by atomic mass is 10.1. The second kappa shape index (κ2) is 6.97. The molecule has 0 radical (unpaired) electrons. The van der Waals surface area contributed by atoms with Gasteiger partial charge in [-0.25, -0.2) is 4.79 Å². The molecule has 21 heavy (non-hydrogen) atoms. The number of rotatable bonds is 3. The summed E-state index contributed by atoms with van der Waals surface area (Å²) < 4.78 is 11.3. The number of hydrogen-bond acceptors (Lipinski definition) is 4. The third-order valence-corrected chi connectivity index (χ3v) is 4.03. The average Bonchev–Trinajstić information content (AvgIpc) is 2.81. The molecular formula is C16H30N2O3. The Morgan fingerprint density at radius 3 is 2.71 bits per heavy atom. The molecule has 2 saturated heterocycles. The molecule has 1 amide bonds. The molecule has 5 nitrogen and oxygen atoms in total. The van der Waals surface area contributed by atoms with Crippen molar-refractivity contribution in [2.45, 2.75) is 77.2 Å². The minimum atomic E-state index is -0.425. The van der Waals surface area contributed by atoms with Crippen LogP contribution in [0.25, 0.3) is 0 Å². The molecule has 3 unspecified atom stereocenters. The Labute approximate surface area is 128 Å². The molecule has 0 aromatic rings. The van der Waals surface area contributed by atoms with Gasteiger partial charge in [0.25, 0.3) is 0 Å². The normalized spacial score (nSPS) is 30.5. The van der Waals surface area contributed by atoms with E-state index in [0.29, 0.717) is 18.2 Å². The van der Waals surface area contributed by atoms with Crippen molar-refractivity contribution in [3.63, 3.8) is 0 Å². The molecule has 2 heterocycles. The van der Waals surface area contributed by atoms with Gasteiger partial charge in [0.1, 0.15) is 5.60 Å². The first kappa shape index (κ1) is 16.6. The Kier molecular flexibility index (Phi) is 5.49. The maximum Gasteiger partial charge on any atom is 0.410 e. The van der Waals surface area contributed by atoms with Crippen LogP contribution in [-0.2, 0) is 9.47 Å². The van der Waals surface area contributed by atoms with Crippen molar-refractivity contribution in [2.24, 2.45) is 0 Å². The zero-order chi connectivity index (χ0) is 15.5. The molecule has 0 aromatic carbocycles. The highest BCUT2D eigenvalue weighted by molar-refractivity contribution is 5.68. The van der Waals surface area contributed by atoms with Gasteiger partial charge in [-0.3, -0.25) is 0 Å². The first-order chi connectivity index (χ1) is 9.83. The van der Waals surface area contributed by atoms with Crippen molar-refractivity contribution in [3.05, 3.63) is 0 Å². The van der Waals surface area contributed by atoms with Crippen LogP contribution < -0.4 is 5.32 Å². The Morgan fingerprint density at radius 2 is 2.10 bits per heavy atom. The lowest BCUT2D eigenvalue weighted by Crippen LogP contribution is -2.50. The van der Waals surface area contributed by atoms with Crippen molar-refractivity contribution in [1.29, 1.82) is 0 Å². The molecule has 122 valence electrons. The second-order valence-electron chi connectivity index (χ2n) is 7.32. The number of ether oxygens (including phenoxy) is 2. The summed E-state index contributed by atoms with van der Waals surface area (Å²) in [6.07, 6.45) is 4.95. The van der Waals surface area contributed by atoms with Gasteiger partial charge in [0.05, 0.1) is 12.2 Å². The van der Waals surface area contributed by atoms with Crippen molar-refractivity contribution in [3.8, 4) is 0 Å². The van der Waals surface area contributed by atoms with E-state index in [1.807, 2.05) is 25.7 Å². The van der Waals surface area contributed by atoms with Gasteiger partial charge in [-0.05, 0) is 53.4 Å². The molecule has 0 aliphatic carbocycles. The Hall–Kier alpha value is -0.810. The fourth-order valence-corrected chi connectivity index (χ4v) is 2.97. The van der Waals surface area contributed by atoms with Crippen LogP contribution in [0, 0.1) is 0 Å². The molecule has 0 bridgehead atoms. The lowest BCUT2D eigenvalue weighted by Gasteiger charge is -2.34. The van der Waals surface area contributed by atoms with E-state index in [9.17, 15) is 4.79 Å². The van der Waals surface area contributed by atoms with Gasteiger partial charge in [0.2, 0.25) is 0 Å². The third-order valence-electron chi connectivity index (χ3n) is 4.03. The number of amides is 1. The Bertz CT molecular complexity index is 354.